The monoisotopic (exact) mass is 328 g/mol. The number of thiazole rings is 1. The molecule has 0 spiro atoms. The molecule has 1 fully saturated rings. The van der Waals surface area contributed by atoms with Crippen LogP contribution in [0.1, 0.15) is 5.69 Å². The third-order valence-electron chi connectivity index (χ3n) is 3.93. The topological polar surface area (TPSA) is 55.6 Å². The number of carbonyl (C=O) groups excluding carboxylic acids is 1. The standard InChI is InChI=1S/C17H16N2O3S/c20-16(19-3-6-21-7-4-19)10-14-11-23-17(18-14)13-8-12-2-1-5-22-15(12)9-13/h1-2,5,8-9,11H,3-4,6-7,10H2. The maximum atomic E-state index is 12.3. The molecule has 0 saturated carbocycles. The van der Waals surface area contributed by atoms with Crippen LogP contribution < -0.4 is 0 Å². The normalized spacial score (nSPS) is 15.2. The number of carbonyl (C=O) groups is 1. The predicted octanol–water partition coefficient (Wildman–Crippen LogP) is 2.91. The molecule has 3 aliphatic rings. The molecule has 4 rings (SSSR count). The van der Waals surface area contributed by atoms with Gasteiger partial charge in [0.25, 0.3) is 0 Å². The fourth-order valence-corrected chi connectivity index (χ4v) is 3.52. The van der Waals surface area contributed by atoms with Crippen LogP contribution >= 0.6 is 11.3 Å². The summed E-state index contributed by atoms with van der Waals surface area (Å²) in [4.78, 5) is 18.7. The second-order valence-electron chi connectivity index (χ2n) is 5.49. The molecular formula is C17H16N2O3S. The molecule has 1 saturated heterocycles. The second kappa shape index (κ2) is 6.14. The van der Waals surface area contributed by atoms with Gasteiger partial charge in [0, 0.05) is 29.6 Å². The van der Waals surface area contributed by atoms with Crippen molar-refractivity contribution in [2.24, 2.45) is 0 Å². The van der Waals surface area contributed by atoms with Gasteiger partial charge in [-0.2, -0.15) is 0 Å². The summed E-state index contributed by atoms with van der Waals surface area (Å²) >= 11 is 1.56. The highest BCUT2D eigenvalue weighted by Gasteiger charge is 2.19. The molecule has 0 unspecified atom stereocenters. The Kier molecular flexibility index (Phi) is 3.85. The minimum atomic E-state index is 0.118. The van der Waals surface area contributed by atoms with Crippen LogP contribution in [0.2, 0.25) is 0 Å². The van der Waals surface area contributed by atoms with E-state index in [2.05, 4.69) is 11.1 Å². The number of morpholine rings is 1. The summed E-state index contributed by atoms with van der Waals surface area (Å²) in [6.45, 7) is 2.59. The van der Waals surface area contributed by atoms with Crippen molar-refractivity contribution in [3.8, 4) is 21.9 Å². The molecule has 1 aromatic heterocycles. The van der Waals surface area contributed by atoms with Gasteiger partial charge in [-0.15, -0.1) is 11.3 Å². The van der Waals surface area contributed by atoms with Crippen LogP contribution in [0.3, 0.4) is 0 Å². The molecule has 0 N–H and O–H groups in total. The number of fused-ring (bicyclic) bond motifs is 1. The average Bonchev–Trinajstić information content (AvgIpc) is 3.21. The van der Waals surface area contributed by atoms with Crippen molar-refractivity contribution in [3.05, 3.63) is 41.6 Å². The van der Waals surface area contributed by atoms with Gasteiger partial charge in [0.05, 0.1) is 31.6 Å². The molecule has 1 amide bonds. The van der Waals surface area contributed by atoms with Crippen molar-refractivity contribution in [1.29, 1.82) is 0 Å². The third-order valence-corrected chi connectivity index (χ3v) is 4.87. The first-order chi connectivity index (χ1) is 11.3. The van der Waals surface area contributed by atoms with E-state index >= 15 is 0 Å². The van der Waals surface area contributed by atoms with Crippen molar-refractivity contribution in [2.75, 3.05) is 26.3 Å². The largest absolute Gasteiger partial charge is 0.464 e. The van der Waals surface area contributed by atoms with Crippen LogP contribution in [-0.4, -0.2) is 42.1 Å². The summed E-state index contributed by atoms with van der Waals surface area (Å²) < 4.78 is 10.7. The molecular weight excluding hydrogens is 312 g/mol. The number of rotatable bonds is 3. The summed E-state index contributed by atoms with van der Waals surface area (Å²) in [6, 6.07) is 7.94. The Balaban J connectivity index is 1.50. The lowest BCUT2D eigenvalue weighted by Gasteiger charge is -2.26. The van der Waals surface area contributed by atoms with E-state index in [4.69, 9.17) is 9.15 Å². The molecule has 3 heterocycles. The van der Waals surface area contributed by atoms with Crippen molar-refractivity contribution in [1.82, 2.24) is 9.88 Å². The third kappa shape index (κ3) is 3.00. The van der Waals surface area contributed by atoms with E-state index < -0.39 is 0 Å². The fourth-order valence-electron chi connectivity index (χ4n) is 2.72. The van der Waals surface area contributed by atoms with E-state index in [1.807, 2.05) is 28.5 Å². The Morgan fingerprint density at radius 2 is 2.13 bits per heavy atom. The molecule has 5 nitrogen and oxygen atoms in total. The fraction of sp³-hybridized carbons (Fsp3) is 0.294. The minimum Gasteiger partial charge on any atom is -0.464 e. The van der Waals surface area contributed by atoms with Gasteiger partial charge in [-0.3, -0.25) is 4.79 Å². The van der Waals surface area contributed by atoms with Gasteiger partial charge in [-0.05, 0) is 24.3 Å². The lowest BCUT2D eigenvalue weighted by molar-refractivity contribution is -0.134. The molecule has 1 aromatic rings. The maximum absolute atomic E-state index is 12.3. The van der Waals surface area contributed by atoms with Crippen LogP contribution in [-0.2, 0) is 16.0 Å². The second-order valence-corrected chi connectivity index (χ2v) is 6.35. The first kappa shape index (κ1) is 14.4. The van der Waals surface area contributed by atoms with Crippen LogP contribution in [0.4, 0.5) is 0 Å². The van der Waals surface area contributed by atoms with E-state index in [0.29, 0.717) is 32.7 Å². The summed E-state index contributed by atoms with van der Waals surface area (Å²) in [6.07, 6.45) is 2.02. The zero-order valence-corrected chi connectivity index (χ0v) is 13.3. The van der Waals surface area contributed by atoms with Crippen molar-refractivity contribution >= 4 is 17.2 Å². The molecule has 0 bridgehead atoms. The quantitative estimate of drug-likeness (QED) is 0.742. The number of hydrogen-bond acceptors (Lipinski definition) is 5. The van der Waals surface area contributed by atoms with Crippen LogP contribution in [0.25, 0.3) is 21.9 Å². The highest BCUT2D eigenvalue weighted by molar-refractivity contribution is 7.13. The zero-order valence-electron chi connectivity index (χ0n) is 12.5. The molecule has 1 aliphatic carbocycles. The zero-order chi connectivity index (χ0) is 15.6. The predicted molar refractivity (Wildman–Crippen MR) is 87.5 cm³/mol. The van der Waals surface area contributed by atoms with Crippen molar-refractivity contribution in [2.45, 2.75) is 6.42 Å². The Bertz CT molecular complexity index is 759. The number of hydrogen-bond donors (Lipinski definition) is 0. The van der Waals surface area contributed by atoms with Gasteiger partial charge in [0.1, 0.15) is 10.8 Å². The van der Waals surface area contributed by atoms with Crippen LogP contribution in [0.5, 0.6) is 0 Å². The minimum absolute atomic E-state index is 0.118. The summed E-state index contributed by atoms with van der Waals surface area (Å²) in [5, 5.41) is 2.88. The maximum Gasteiger partial charge on any atom is 0.228 e. The van der Waals surface area contributed by atoms with Crippen molar-refractivity contribution < 1.29 is 13.9 Å². The molecule has 0 radical (unpaired) electrons. The van der Waals surface area contributed by atoms with Crippen molar-refractivity contribution in [3.63, 3.8) is 0 Å². The van der Waals surface area contributed by atoms with Crippen LogP contribution in [0.15, 0.2) is 40.3 Å². The molecule has 2 aliphatic heterocycles. The number of ether oxygens (including phenoxy) is 1. The average molecular weight is 328 g/mol. The first-order valence-electron chi connectivity index (χ1n) is 7.57. The Hall–Kier alpha value is -2.18. The number of amides is 1. The smallest absolute Gasteiger partial charge is 0.228 e. The molecule has 0 aromatic carbocycles. The summed E-state index contributed by atoms with van der Waals surface area (Å²) in [7, 11) is 0. The first-order valence-corrected chi connectivity index (χ1v) is 8.45. The summed E-state index contributed by atoms with van der Waals surface area (Å²) in [5.74, 6) is 0.969. The Morgan fingerprint density at radius 3 is 2.96 bits per heavy atom. The lowest BCUT2D eigenvalue weighted by atomic mass is 10.2. The van der Waals surface area contributed by atoms with E-state index in [1.165, 1.54) is 0 Å². The van der Waals surface area contributed by atoms with Gasteiger partial charge < -0.3 is 14.1 Å². The van der Waals surface area contributed by atoms with Gasteiger partial charge in [-0.25, -0.2) is 4.98 Å². The number of aromatic nitrogens is 1. The Labute approximate surface area is 137 Å². The Morgan fingerprint density at radius 1 is 1.26 bits per heavy atom. The highest BCUT2D eigenvalue weighted by Crippen LogP contribution is 2.33. The van der Waals surface area contributed by atoms with E-state index in [9.17, 15) is 4.79 Å². The van der Waals surface area contributed by atoms with Gasteiger partial charge in [0.2, 0.25) is 5.91 Å². The lowest BCUT2D eigenvalue weighted by Crippen LogP contribution is -2.41. The highest BCUT2D eigenvalue weighted by atomic mass is 32.1. The van der Waals surface area contributed by atoms with Gasteiger partial charge in [-0.1, -0.05) is 0 Å². The van der Waals surface area contributed by atoms with Gasteiger partial charge >= 0.3 is 0 Å². The molecule has 6 heteroatoms. The van der Waals surface area contributed by atoms with E-state index in [1.54, 1.807) is 17.6 Å². The molecule has 23 heavy (non-hydrogen) atoms. The van der Waals surface area contributed by atoms with Crippen LogP contribution in [0, 0.1) is 0 Å². The summed E-state index contributed by atoms with van der Waals surface area (Å²) in [5.41, 5.74) is 2.91. The van der Waals surface area contributed by atoms with E-state index in [0.717, 1.165) is 27.6 Å². The molecule has 118 valence electrons. The van der Waals surface area contributed by atoms with Gasteiger partial charge in [0.15, 0.2) is 0 Å². The SMILES string of the molecule is O=C(Cc1csc(-c2cc3cccoc-3c2)n1)N1CCOCC1. The van der Waals surface area contributed by atoms with E-state index in [-0.39, 0.29) is 5.91 Å². The number of nitrogens with zero attached hydrogens (tertiary/aromatic N) is 2. The molecule has 0 atom stereocenters.